The molecule has 0 amide bonds. The van der Waals surface area contributed by atoms with Crippen LogP contribution >= 0.6 is 12.4 Å². The van der Waals surface area contributed by atoms with Crippen LogP contribution in [-0.4, -0.2) is 34.7 Å². The Bertz CT molecular complexity index is 993. The fraction of sp³-hybridized carbons (Fsp3) is 0.407. The van der Waals surface area contributed by atoms with Crippen LogP contribution in [0.15, 0.2) is 48.0 Å². The average Bonchev–Trinajstić information content (AvgIpc) is 3.00. The van der Waals surface area contributed by atoms with E-state index in [1.54, 1.807) is 0 Å². The number of ketones is 1. The molecule has 2 aromatic carbocycles. The Hall–Kier alpha value is -2.59. The van der Waals surface area contributed by atoms with E-state index in [-0.39, 0.29) is 41.3 Å². The molecule has 0 aliphatic carbocycles. The SMILES string of the molecule is CC(C)(C)c1cc(C(=O)CN2CCC(=Cc3ccccc3)C2=N)cc(C(C)(C)C)c1O.Cl. The van der Waals surface area contributed by atoms with Gasteiger partial charge < -0.3 is 10.0 Å². The molecule has 1 saturated heterocycles. The Morgan fingerprint density at radius 1 is 1.03 bits per heavy atom. The molecule has 0 saturated carbocycles. The minimum atomic E-state index is -0.285. The normalized spacial score (nSPS) is 15.8. The number of rotatable bonds is 4. The number of phenols is 1. The molecule has 0 radical (unpaired) electrons. The zero-order chi connectivity index (χ0) is 23.0. The van der Waals surface area contributed by atoms with Crippen molar-refractivity contribution < 1.29 is 9.90 Å². The molecule has 0 atom stereocenters. The standard InChI is InChI=1S/C27H34N2O2.ClH/c1-26(2,3)21-15-20(16-22(24(21)31)27(4,5)6)23(30)17-29-13-12-19(25(29)28)14-18-10-8-7-9-11-18;/h7-11,14-16,28,31H,12-13,17H2,1-6H3;1H. The number of nitrogens with one attached hydrogen (secondary N) is 1. The molecule has 172 valence electrons. The molecule has 1 aliphatic heterocycles. The number of hydrogen-bond acceptors (Lipinski definition) is 3. The van der Waals surface area contributed by atoms with Crippen LogP contribution in [-0.2, 0) is 10.8 Å². The number of likely N-dealkylation sites (tertiary alicyclic amines) is 1. The summed E-state index contributed by atoms with van der Waals surface area (Å²) in [6.45, 7) is 13.1. The van der Waals surface area contributed by atoms with Gasteiger partial charge in [-0.2, -0.15) is 0 Å². The Morgan fingerprint density at radius 2 is 1.56 bits per heavy atom. The van der Waals surface area contributed by atoms with Gasteiger partial charge in [-0.1, -0.05) is 71.9 Å². The quantitative estimate of drug-likeness (QED) is 0.528. The Kier molecular flexibility index (Phi) is 7.62. The van der Waals surface area contributed by atoms with Gasteiger partial charge in [0.2, 0.25) is 0 Å². The Labute approximate surface area is 198 Å². The van der Waals surface area contributed by atoms with Gasteiger partial charge >= 0.3 is 0 Å². The van der Waals surface area contributed by atoms with Crippen LogP contribution < -0.4 is 0 Å². The second-order valence-electron chi connectivity index (χ2n) is 10.4. The molecule has 5 heteroatoms. The number of carbonyl (C=O) groups excluding carboxylic acids is 1. The van der Waals surface area contributed by atoms with Crippen molar-refractivity contribution in [2.24, 2.45) is 0 Å². The third kappa shape index (κ3) is 5.60. The Balaban J connectivity index is 0.00000363. The Morgan fingerprint density at radius 3 is 2.06 bits per heavy atom. The molecular formula is C27H35ClN2O2. The summed E-state index contributed by atoms with van der Waals surface area (Å²) in [5.41, 5.74) is 3.61. The number of amidine groups is 1. The summed E-state index contributed by atoms with van der Waals surface area (Å²) in [5, 5.41) is 19.5. The summed E-state index contributed by atoms with van der Waals surface area (Å²) in [7, 11) is 0. The maximum absolute atomic E-state index is 13.2. The van der Waals surface area contributed by atoms with Crippen molar-refractivity contribution in [1.82, 2.24) is 4.90 Å². The third-order valence-corrected chi connectivity index (χ3v) is 5.79. The van der Waals surface area contributed by atoms with E-state index in [1.807, 2.05) is 95.0 Å². The lowest BCUT2D eigenvalue weighted by atomic mass is 9.78. The van der Waals surface area contributed by atoms with Crippen molar-refractivity contribution in [3.05, 3.63) is 70.3 Å². The van der Waals surface area contributed by atoms with E-state index in [0.29, 0.717) is 17.9 Å². The van der Waals surface area contributed by atoms with Crippen molar-refractivity contribution in [3.8, 4) is 5.75 Å². The van der Waals surface area contributed by atoms with Gasteiger partial charge in [0.1, 0.15) is 11.6 Å². The summed E-state index contributed by atoms with van der Waals surface area (Å²) in [5.74, 6) is 0.670. The number of halogens is 1. The lowest BCUT2D eigenvalue weighted by Gasteiger charge is -2.28. The summed E-state index contributed by atoms with van der Waals surface area (Å²) < 4.78 is 0. The van der Waals surface area contributed by atoms with E-state index in [1.165, 1.54) is 0 Å². The van der Waals surface area contributed by atoms with Crippen LogP contribution in [0.1, 0.15) is 75.0 Å². The molecule has 32 heavy (non-hydrogen) atoms. The van der Waals surface area contributed by atoms with E-state index in [2.05, 4.69) is 0 Å². The first-order valence-corrected chi connectivity index (χ1v) is 10.9. The monoisotopic (exact) mass is 454 g/mol. The van der Waals surface area contributed by atoms with Gasteiger partial charge in [0, 0.05) is 23.2 Å². The minimum Gasteiger partial charge on any atom is -0.507 e. The number of benzene rings is 2. The molecule has 0 aromatic heterocycles. The molecule has 2 N–H and O–H groups in total. The van der Waals surface area contributed by atoms with Crippen LogP contribution in [0.2, 0.25) is 0 Å². The molecule has 4 nitrogen and oxygen atoms in total. The zero-order valence-electron chi connectivity index (χ0n) is 20.0. The smallest absolute Gasteiger partial charge is 0.182 e. The maximum Gasteiger partial charge on any atom is 0.182 e. The van der Waals surface area contributed by atoms with Gasteiger partial charge in [-0.05, 0) is 46.6 Å². The molecule has 0 bridgehead atoms. The number of carbonyl (C=O) groups is 1. The van der Waals surface area contributed by atoms with Crippen LogP contribution in [0.4, 0.5) is 0 Å². The first-order valence-electron chi connectivity index (χ1n) is 10.9. The van der Waals surface area contributed by atoms with E-state index >= 15 is 0 Å². The second-order valence-corrected chi connectivity index (χ2v) is 10.4. The largest absolute Gasteiger partial charge is 0.507 e. The minimum absolute atomic E-state index is 0. The third-order valence-electron chi connectivity index (χ3n) is 5.79. The first-order chi connectivity index (χ1) is 14.4. The fourth-order valence-electron chi connectivity index (χ4n) is 3.94. The highest BCUT2D eigenvalue weighted by Crippen LogP contribution is 2.40. The summed E-state index contributed by atoms with van der Waals surface area (Å²) >= 11 is 0. The summed E-state index contributed by atoms with van der Waals surface area (Å²) in [6, 6.07) is 13.6. The average molecular weight is 455 g/mol. The molecule has 3 rings (SSSR count). The van der Waals surface area contributed by atoms with Gasteiger partial charge in [-0.25, -0.2) is 0 Å². The number of Topliss-reactive ketones (excluding diaryl/α,β-unsaturated/α-hetero) is 1. The van der Waals surface area contributed by atoms with Crippen molar-refractivity contribution in [2.45, 2.75) is 58.8 Å². The lowest BCUT2D eigenvalue weighted by Crippen LogP contribution is -2.31. The molecule has 2 aromatic rings. The van der Waals surface area contributed by atoms with Crippen LogP contribution in [0.25, 0.3) is 6.08 Å². The lowest BCUT2D eigenvalue weighted by molar-refractivity contribution is 0.0965. The highest BCUT2D eigenvalue weighted by molar-refractivity contribution is 6.06. The van der Waals surface area contributed by atoms with E-state index in [0.717, 1.165) is 28.7 Å². The molecular weight excluding hydrogens is 420 g/mol. The molecule has 1 aliphatic rings. The van der Waals surface area contributed by atoms with E-state index < -0.39 is 0 Å². The van der Waals surface area contributed by atoms with Crippen molar-refractivity contribution >= 4 is 30.1 Å². The van der Waals surface area contributed by atoms with Gasteiger partial charge in [-0.3, -0.25) is 10.2 Å². The molecule has 0 unspecified atom stereocenters. The fourth-order valence-corrected chi connectivity index (χ4v) is 3.94. The van der Waals surface area contributed by atoms with Crippen LogP contribution in [0, 0.1) is 5.41 Å². The molecule has 1 fully saturated rings. The summed E-state index contributed by atoms with van der Waals surface area (Å²) in [4.78, 5) is 15.1. The van der Waals surface area contributed by atoms with E-state index in [9.17, 15) is 9.90 Å². The second kappa shape index (κ2) is 9.50. The van der Waals surface area contributed by atoms with Gasteiger partial charge in [0.05, 0.1) is 6.54 Å². The number of nitrogens with zero attached hydrogens (tertiary/aromatic N) is 1. The van der Waals surface area contributed by atoms with Crippen molar-refractivity contribution in [1.29, 1.82) is 5.41 Å². The number of aromatic hydroxyl groups is 1. The number of phenolic OH excluding ortho intramolecular Hbond substituents is 1. The predicted molar refractivity (Wildman–Crippen MR) is 135 cm³/mol. The maximum atomic E-state index is 13.2. The zero-order valence-corrected chi connectivity index (χ0v) is 20.8. The predicted octanol–water partition coefficient (Wildman–Crippen LogP) is 6.36. The first kappa shape index (κ1) is 25.7. The number of hydrogen-bond donors (Lipinski definition) is 2. The molecule has 0 spiro atoms. The highest BCUT2D eigenvalue weighted by atomic mass is 35.5. The van der Waals surface area contributed by atoms with Crippen LogP contribution in [0.3, 0.4) is 0 Å². The van der Waals surface area contributed by atoms with E-state index in [4.69, 9.17) is 5.41 Å². The van der Waals surface area contributed by atoms with Gasteiger partial charge in [0.25, 0.3) is 0 Å². The van der Waals surface area contributed by atoms with Gasteiger partial charge in [0.15, 0.2) is 5.78 Å². The topological polar surface area (TPSA) is 64.4 Å². The van der Waals surface area contributed by atoms with Crippen molar-refractivity contribution in [3.63, 3.8) is 0 Å². The molecule has 1 heterocycles. The highest BCUT2D eigenvalue weighted by Gasteiger charge is 2.29. The van der Waals surface area contributed by atoms with Gasteiger partial charge in [-0.15, -0.1) is 12.4 Å². The summed E-state index contributed by atoms with van der Waals surface area (Å²) in [6.07, 6.45) is 2.79. The van der Waals surface area contributed by atoms with Crippen LogP contribution in [0.5, 0.6) is 5.75 Å². The van der Waals surface area contributed by atoms with Crippen molar-refractivity contribution in [2.75, 3.05) is 13.1 Å².